The maximum atomic E-state index is 13.0. The molecular formula is C28H26ClN5O. The molecule has 5 rings (SSSR count). The van der Waals surface area contributed by atoms with Crippen molar-refractivity contribution in [1.29, 1.82) is 0 Å². The summed E-state index contributed by atoms with van der Waals surface area (Å²) < 4.78 is 2.16. The van der Waals surface area contributed by atoms with Crippen molar-refractivity contribution in [2.45, 2.75) is 6.54 Å². The number of nitrogens with zero attached hydrogens (tertiary/aromatic N) is 3. The fraction of sp³-hybridized carbons (Fsp3) is 0.143. The first kappa shape index (κ1) is 22.9. The lowest BCUT2D eigenvalue weighted by molar-refractivity contribution is -0.110. The van der Waals surface area contributed by atoms with Gasteiger partial charge in [-0.3, -0.25) is 4.79 Å². The maximum Gasteiger partial charge on any atom is 0.258 e. The molecule has 2 N–H and O–H groups in total. The molecule has 0 spiro atoms. The van der Waals surface area contributed by atoms with Gasteiger partial charge >= 0.3 is 0 Å². The molecule has 6 nitrogen and oxygen atoms in total. The van der Waals surface area contributed by atoms with Gasteiger partial charge in [0.05, 0.1) is 17.0 Å². The summed E-state index contributed by atoms with van der Waals surface area (Å²) in [6.07, 6.45) is 3.84. The number of rotatable bonds is 7. The van der Waals surface area contributed by atoms with Crippen LogP contribution in [0.3, 0.4) is 0 Å². The van der Waals surface area contributed by atoms with Crippen molar-refractivity contribution in [3.05, 3.63) is 101 Å². The van der Waals surface area contributed by atoms with Gasteiger partial charge in [-0.1, -0.05) is 48.0 Å². The molecule has 0 bridgehead atoms. The van der Waals surface area contributed by atoms with E-state index in [0.717, 1.165) is 47.0 Å². The first-order valence-electron chi connectivity index (χ1n) is 11.4. The average Bonchev–Trinajstić information content (AvgIpc) is 3.45. The molecule has 35 heavy (non-hydrogen) atoms. The molecule has 7 heteroatoms. The van der Waals surface area contributed by atoms with E-state index < -0.39 is 0 Å². The minimum Gasteiger partial charge on any atom is -0.354 e. The predicted molar refractivity (Wildman–Crippen MR) is 143 cm³/mol. The Labute approximate surface area is 209 Å². The van der Waals surface area contributed by atoms with E-state index in [4.69, 9.17) is 11.6 Å². The Morgan fingerprint density at radius 3 is 2.57 bits per heavy atom. The Hall–Kier alpha value is -3.87. The number of carbonyl (C=O) groups excluding carboxylic acids is 1. The third kappa shape index (κ3) is 4.85. The summed E-state index contributed by atoms with van der Waals surface area (Å²) in [5.41, 5.74) is 5.70. The lowest BCUT2D eigenvalue weighted by Crippen LogP contribution is -2.18. The van der Waals surface area contributed by atoms with Crippen LogP contribution in [0, 0.1) is 0 Å². The number of nitrogens with one attached hydrogen (secondary N) is 2. The minimum atomic E-state index is -0.159. The number of aromatic nitrogens is 2. The number of likely N-dealkylation sites (N-methyl/N-ethyl adjacent to an activating group) is 1. The maximum absolute atomic E-state index is 13.0. The van der Waals surface area contributed by atoms with Crippen molar-refractivity contribution >= 4 is 40.2 Å². The summed E-state index contributed by atoms with van der Waals surface area (Å²) >= 11 is 6.16. The number of anilines is 2. The van der Waals surface area contributed by atoms with Crippen LogP contribution < -0.4 is 10.6 Å². The topological polar surface area (TPSA) is 62.2 Å². The van der Waals surface area contributed by atoms with Crippen LogP contribution in [-0.2, 0) is 11.3 Å². The number of benzene rings is 3. The van der Waals surface area contributed by atoms with Crippen LogP contribution in [0.15, 0.2) is 85.2 Å². The van der Waals surface area contributed by atoms with E-state index in [1.165, 1.54) is 0 Å². The first-order valence-corrected chi connectivity index (χ1v) is 11.8. The van der Waals surface area contributed by atoms with Gasteiger partial charge in [0.1, 0.15) is 5.82 Å². The molecule has 0 fully saturated rings. The number of fused-ring (bicyclic) bond motifs is 1. The van der Waals surface area contributed by atoms with Gasteiger partial charge in [-0.25, -0.2) is 4.98 Å². The van der Waals surface area contributed by atoms with Gasteiger partial charge in [0.15, 0.2) is 0 Å². The minimum absolute atomic E-state index is 0.159. The van der Waals surface area contributed by atoms with E-state index in [1.54, 1.807) is 12.1 Å². The Balaban J connectivity index is 1.50. The largest absolute Gasteiger partial charge is 0.354 e. The molecule has 0 saturated heterocycles. The van der Waals surface area contributed by atoms with Gasteiger partial charge in [-0.15, -0.1) is 0 Å². The third-order valence-corrected chi connectivity index (χ3v) is 6.19. The highest BCUT2D eigenvalue weighted by Gasteiger charge is 2.28. The highest BCUT2D eigenvalue weighted by molar-refractivity contribution is 6.38. The number of hydrogen-bond acceptors (Lipinski definition) is 4. The second-order valence-electron chi connectivity index (χ2n) is 8.71. The molecule has 1 amide bonds. The van der Waals surface area contributed by atoms with Gasteiger partial charge in [0.2, 0.25) is 0 Å². The molecular weight excluding hydrogens is 458 g/mol. The van der Waals surface area contributed by atoms with Crippen LogP contribution in [0.2, 0.25) is 5.02 Å². The average molecular weight is 484 g/mol. The van der Waals surface area contributed by atoms with Crippen LogP contribution in [0.25, 0.3) is 22.7 Å². The molecule has 0 unspecified atom stereocenters. The van der Waals surface area contributed by atoms with Crippen molar-refractivity contribution in [3.8, 4) is 11.4 Å². The molecule has 0 saturated carbocycles. The molecule has 0 aliphatic carbocycles. The zero-order valence-electron chi connectivity index (χ0n) is 19.6. The standard InChI is InChI=1S/C28H26ClN5O/c1-33(2)16-17-34-15-14-30-27(34)20-8-11-22(12-9-20)31-26(19-6-4-3-5-7-19)25-23-13-10-21(29)18-24(23)32-28(25)35/h3-15,18,31H,16-17H2,1-2H3,(H,32,35). The van der Waals surface area contributed by atoms with Gasteiger partial charge in [0.25, 0.3) is 5.91 Å². The number of hydrogen-bond donors (Lipinski definition) is 2. The molecule has 1 aliphatic rings. The normalized spacial score (nSPS) is 14.1. The monoisotopic (exact) mass is 483 g/mol. The first-order chi connectivity index (χ1) is 17.0. The Bertz CT molecular complexity index is 1390. The lowest BCUT2D eigenvalue weighted by Gasteiger charge is -2.16. The van der Waals surface area contributed by atoms with E-state index in [2.05, 4.69) is 39.2 Å². The molecule has 1 aliphatic heterocycles. The number of amides is 1. The van der Waals surface area contributed by atoms with E-state index in [-0.39, 0.29) is 5.91 Å². The Kier molecular flexibility index (Phi) is 6.40. The van der Waals surface area contributed by atoms with Crippen LogP contribution in [0.5, 0.6) is 0 Å². The van der Waals surface area contributed by atoms with Gasteiger partial charge in [-0.2, -0.15) is 0 Å². The van der Waals surface area contributed by atoms with Crippen LogP contribution in [0.4, 0.5) is 11.4 Å². The SMILES string of the molecule is CN(C)CCn1ccnc1-c1ccc(NC(=C2C(=O)Nc3cc(Cl)ccc32)c2ccccc2)cc1. The zero-order valence-corrected chi connectivity index (χ0v) is 20.4. The summed E-state index contributed by atoms with van der Waals surface area (Å²) in [5.74, 6) is 0.772. The van der Waals surface area contributed by atoms with Crippen molar-refractivity contribution in [2.75, 3.05) is 31.3 Å². The fourth-order valence-corrected chi connectivity index (χ4v) is 4.35. The van der Waals surface area contributed by atoms with Gasteiger partial charge < -0.3 is 20.1 Å². The zero-order chi connectivity index (χ0) is 24.4. The van der Waals surface area contributed by atoms with E-state index in [0.29, 0.717) is 16.3 Å². The Morgan fingerprint density at radius 2 is 1.83 bits per heavy atom. The van der Waals surface area contributed by atoms with Crippen molar-refractivity contribution in [2.24, 2.45) is 0 Å². The van der Waals surface area contributed by atoms with E-state index in [9.17, 15) is 4.79 Å². The lowest BCUT2D eigenvalue weighted by atomic mass is 10.00. The summed E-state index contributed by atoms with van der Waals surface area (Å²) in [7, 11) is 4.13. The molecule has 3 aromatic carbocycles. The van der Waals surface area contributed by atoms with Gasteiger partial charge in [-0.05, 0) is 56.1 Å². The third-order valence-electron chi connectivity index (χ3n) is 5.95. The summed E-state index contributed by atoms with van der Waals surface area (Å²) in [6, 6.07) is 23.5. The molecule has 0 radical (unpaired) electrons. The summed E-state index contributed by atoms with van der Waals surface area (Å²) in [6.45, 7) is 1.80. The molecule has 176 valence electrons. The number of carbonyl (C=O) groups is 1. The number of halogens is 1. The second kappa shape index (κ2) is 9.78. The number of imidazole rings is 1. The van der Waals surface area contributed by atoms with Crippen LogP contribution >= 0.6 is 11.6 Å². The molecule has 4 aromatic rings. The highest BCUT2D eigenvalue weighted by Crippen LogP contribution is 2.38. The highest BCUT2D eigenvalue weighted by atomic mass is 35.5. The molecule has 2 heterocycles. The molecule has 1 aromatic heterocycles. The predicted octanol–water partition coefficient (Wildman–Crippen LogP) is 5.70. The Morgan fingerprint density at radius 1 is 1.06 bits per heavy atom. The van der Waals surface area contributed by atoms with E-state index >= 15 is 0 Å². The smallest absolute Gasteiger partial charge is 0.258 e. The fourth-order valence-electron chi connectivity index (χ4n) is 4.18. The van der Waals surface area contributed by atoms with Crippen LogP contribution in [0.1, 0.15) is 11.1 Å². The quantitative estimate of drug-likeness (QED) is 0.331. The van der Waals surface area contributed by atoms with Crippen molar-refractivity contribution in [1.82, 2.24) is 14.5 Å². The molecule has 0 atom stereocenters. The van der Waals surface area contributed by atoms with E-state index in [1.807, 2.05) is 73.1 Å². The second-order valence-corrected chi connectivity index (χ2v) is 9.15. The van der Waals surface area contributed by atoms with Crippen molar-refractivity contribution in [3.63, 3.8) is 0 Å². The summed E-state index contributed by atoms with van der Waals surface area (Å²) in [4.78, 5) is 19.7. The van der Waals surface area contributed by atoms with Crippen molar-refractivity contribution < 1.29 is 4.79 Å². The summed E-state index contributed by atoms with van der Waals surface area (Å²) in [5, 5.41) is 7.03. The van der Waals surface area contributed by atoms with Crippen LogP contribution in [-0.4, -0.2) is 41.0 Å². The van der Waals surface area contributed by atoms with Gasteiger partial charge in [0, 0.05) is 47.3 Å².